The number of hydrogen-bond acceptors (Lipinski definition) is 6. The van der Waals surface area contributed by atoms with Gasteiger partial charge in [0.1, 0.15) is 11.2 Å². The Morgan fingerprint density at radius 3 is 2.58 bits per heavy atom. The number of aromatic nitrogens is 2. The number of halogens is 3. The minimum absolute atomic E-state index is 0.0423. The SMILES string of the molecule is Cc1nc2c(OCc3c(Cl)ccc(N(C)C(=O)CNC(=O)C=Cc4ccc(C(=O)N5CCOCC5)cc4)c3Cl)cccn2c1Br. The third-order valence-corrected chi connectivity index (χ3v) is 9.02. The van der Waals surface area contributed by atoms with Crippen molar-refractivity contribution in [3.8, 4) is 5.75 Å². The van der Waals surface area contributed by atoms with Gasteiger partial charge in [-0.1, -0.05) is 35.3 Å². The maximum absolute atomic E-state index is 13.0. The van der Waals surface area contributed by atoms with Crippen molar-refractivity contribution in [2.45, 2.75) is 13.5 Å². The monoisotopic (exact) mass is 713 g/mol. The first-order valence-electron chi connectivity index (χ1n) is 14.1. The average molecular weight is 715 g/mol. The Labute approximate surface area is 278 Å². The van der Waals surface area contributed by atoms with Crippen LogP contribution in [0.2, 0.25) is 10.0 Å². The van der Waals surface area contributed by atoms with Crippen LogP contribution in [0.3, 0.4) is 0 Å². The molecule has 0 spiro atoms. The Kier molecular flexibility index (Phi) is 10.4. The van der Waals surface area contributed by atoms with E-state index >= 15 is 0 Å². The highest BCUT2D eigenvalue weighted by Crippen LogP contribution is 2.35. The van der Waals surface area contributed by atoms with Crippen LogP contribution in [0.25, 0.3) is 11.7 Å². The van der Waals surface area contributed by atoms with Crippen molar-refractivity contribution in [2.24, 2.45) is 0 Å². The molecular weight excluding hydrogens is 685 g/mol. The summed E-state index contributed by atoms with van der Waals surface area (Å²) in [6, 6.07) is 13.9. The summed E-state index contributed by atoms with van der Waals surface area (Å²) in [5.41, 5.74) is 3.68. The van der Waals surface area contributed by atoms with Gasteiger partial charge in [-0.15, -0.1) is 0 Å². The first-order chi connectivity index (χ1) is 21.6. The maximum Gasteiger partial charge on any atom is 0.254 e. The quantitative estimate of drug-likeness (QED) is 0.228. The largest absolute Gasteiger partial charge is 0.485 e. The summed E-state index contributed by atoms with van der Waals surface area (Å²) in [5, 5.41) is 3.24. The number of aryl methyl sites for hydroxylation is 1. The van der Waals surface area contributed by atoms with E-state index in [-0.39, 0.29) is 30.0 Å². The minimum Gasteiger partial charge on any atom is -0.485 e. The smallest absolute Gasteiger partial charge is 0.254 e. The van der Waals surface area contributed by atoms with Crippen LogP contribution >= 0.6 is 39.1 Å². The van der Waals surface area contributed by atoms with E-state index in [2.05, 4.69) is 26.2 Å². The normalized spacial score (nSPS) is 13.3. The zero-order chi connectivity index (χ0) is 32.1. The molecule has 2 aromatic heterocycles. The lowest BCUT2D eigenvalue weighted by Crippen LogP contribution is -2.40. The number of pyridine rings is 1. The molecule has 1 saturated heterocycles. The Hall–Kier alpha value is -3.90. The summed E-state index contributed by atoms with van der Waals surface area (Å²) in [6.07, 6.45) is 4.81. The van der Waals surface area contributed by atoms with Crippen LogP contribution in [0.5, 0.6) is 5.75 Å². The molecule has 0 atom stereocenters. The fourth-order valence-corrected chi connectivity index (χ4v) is 5.68. The first-order valence-corrected chi connectivity index (χ1v) is 15.6. The molecule has 2 aromatic carbocycles. The topological polar surface area (TPSA) is 105 Å². The van der Waals surface area contributed by atoms with E-state index in [9.17, 15) is 14.4 Å². The van der Waals surface area contributed by atoms with Crippen molar-refractivity contribution in [3.05, 3.63) is 97.8 Å². The molecule has 45 heavy (non-hydrogen) atoms. The van der Waals surface area contributed by atoms with E-state index < -0.39 is 5.91 Å². The highest BCUT2D eigenvalue weighted by Gasteiger charge is 2.20. The zero-order valence-electron chi connectivity index (χ0n) is 24.6. The number of nitrogens with one attached hydrogen (secondary N) is 1. The molecule has 1 fully saturated rings. The van der Waals surface area contributed by atoms with Gasteiger partial charge in [0, 0.05) is 48.6 Å². The summed E-state index contributed by atoms with van der Waals surface area (Å²) in [5.74, 6) is -0.343. The predicted molar refractivity (Wildman–Crippen MR) is 177 cm³/mol. The third kappa shape index (κ3) is 7.50. The number of likely N-dealkylation sites (N-methyl/N-ethyl adjacent to an activating group) is 1. The number of rotatable bonds is 9. The van der Waals surface area contributed by atoms with E-state index in [4.69, 9.17) is 32.7 Å². The molecule has 13 heteroatoms. The van der Waals surface area contributed by atoms with E-state index in [1.807, 2.05) is 23.6 Å². The Bertz CT molecular complexity index is 1770. The molecule has 0 unspecified atom stereocenters. The second-order valence-electron chi connectivity index (χ2n) is 10.2. The van der Waals surface area contributed by atoms with Gasteiger partial charge in [-0.25, -0.2) is 4.98 Å². The van der Waals surface area contributed by atoms with Crippen LogP contribution in [-0.4, -0.2) is 71.9 Å². The lowest BCUT2D eigenvalue weighted by atomic mass is 10.1. The van der Waals surface area contributed by atoms with Gasteiger partial charge in [-0.3, -0.25) is 18.8 Å². The Morgan fingerprint density at radius 2 is 1.84 bits per heavy atom. The number of amides is 3. The van der Waals surface area contributed by atoms with Crippen molar-refractivity contribution in [1.29, 1.82) is 0 Å². The van der Waals surface area contributed by atoms with Crippen molar-refractivity contribution in [1.82, 2.24) is 19.6 Å². The number of morpholine rings is 1. The number of hydrogen-bond donors (Lipinski definition) is 1. The minimum atomic E-state index is -0.448. The molecule has 1 aliphatic rings. The molecule has 1 aliphatic heterocycles. The van der Waals surface area contributed by atoms with Gasteiger partial charge in [-0.2, -0.15) is 0 Å². The number of benzene rings is 2. The highest BCUT2D eigenvalue weighted by molar-refractivity contribution is 9.10. The van der Waals surface area contributed by atoms with Gasteiger partial charge < -0.3 is 24.6 Å². The van der Waals surface area contributed by atoms with Crippen molar-refractivity contribution >= 4 is 74.3 Å². The van der Waals surface area contributed by atoms with Gasteiger partial charge in [0.2, 0.25) is 11.8 Å². The van der Waals surface area contributed by atoms with Crippen LogP contribution in [0.15, 0.2) is 65.4 Å². The molecule has 0 radical (unpaired) electrons. The van der Waals surface area contributed by atoms with Crippen LogP contribution < -0.4 is 15.0 Å². The maximum atomic E-state index is 13.0. The van der Waals surface area contributed by atoms with E-state index in [1.165, 1.54) is 11.0 Å². The molecule has 5 rings (SSSR count). The van der Waals surface area contributed by atoms with Gasteiger partial charge in [0.25, 0.3) is 5.91 Å². The molecule has 1 N–H and O–H groups in total. The van der Waals surface area contributed by atoms with Crippen molar-refractivity contribution < 1.29 is 23.9 Å². The summed E-state index contributed by atoms with van der Waals surface area (Å²) >= 11 is 16.7. The van der Waals surface area contributed by atoms with Gasteiger partial charge in [0.15, 0.2) is 11.4 Å². The number of nitrogens with zero attached hydrogens (tertiary/aromatic N) is 4. The molecule has 4 aromatic rings. The molecule has 0 aliphatic carbocycles. The molecule has 10 nitrogen and oxygen atoms in total. The highest BCUT2D eigenvalue weighted by atomic mass is 79.9. The average Bonchev–Trinajstić information content (AvgIpc) is 3.35. The van der Waals surface area contributed by atoms with E-state index in [0.29, 0.717) is 59.5 Å². The molecular formula is C32H30BrCl2N5O5. The fraction of sp³-hybridized carbons (Fsp3) is 0.250. The number of carbonyl (C=O) groups is 3. The number of imidazole rings is 1. The van der Waals surface area contributed by atoms with Crippen molar-refractivity contribution in [3.63, 3.8) is 0 Å². The van der Waals surface area contributed by atoms with Crippen LogP contribution in [-0.2, 0) is 20.9 Å². The van der Waals surface area contributed by atoms with E-state index in [1.54, 1.807) is 60.5 Å². The fourth-order valence-electron chi connectivity index (χ4n) is 4.70. The number of fused-ring (bicyclic) bond motifs is 1. The summed E-state index contributed by atoms with van der Waals surface area (Å²) in [4.78, 5) is 45.7. The van der Waals surface area contributed by atoms with Crippen LogP contribution in [0.4, 0.5) is 5.69 Å². The molecule has 3 amide bonds. The Balaban J connectivity index is 1.17. The van der Waals surface area contributed by atoms with Crippen LogP contribution in [0.1, 0.15) is 27.2 Å². The summed E-state index contributed by atoms with van der Waals surface area (Å²) < 4.78 is 14.0. The second-order valence-corrected chi connectivity index (χ2v) is 11.8. The standard InChI is InChI=1S/C32H30BrCl2N5O5/c1-20-30(33)40-13-3-4-26(31(40)37-20)45-19-23-24(34)10-11-25(29(23)35)38(2)28(42)18-36-27(41)12-7-21-5-8-22(9-6-21)32(43)39-14-16-44-17-15-39/h3-13H,14-19H2,1-2H3,(H,36,41). The summed E-state index contributed by atoms with van der Waals surface area (Å²) in [6.45, 7) is 3.87. The number of carbonyl (C=O) groups excluding carboxylic acids is 3. The number of ether oxygens (including phenoxy) is 2. The van der Waals surface area contributed by atoms with Gasteiger partial charge in [-0.05, 0) is 70.9 Å². The summed E-state index contributed by atoms with van der Waals surface area (Å²) in [7, 11) is 1.56. The predicted octanol–water partition coefficient (Wildman–Crippen LogP) is 5.56. The third-order valence-electron chi connectivity index (χ3n) is 7.29. The van der Waals surface area contributed by atoms with E-state index in [0.717, 1.165) is 15.9 Å². The zero-order valence-corrected chi connectivity index (χ0v) is 27.7. The van der Waals surface area contributed by atoms with Gasteiger partial charge >= 0.3 is 0 Å². The van der Waals surface area contributed by atoms with Crippen molar-refractivity contribution in [2.75, 3.05) is 44.8 Å². The lowest BCUT2D eigenvalue weighted by molar-refractivity contribution is -0.122. The Morgan fingerprint density at radius 1 is 1.11 bits per heavy atom. The molecule has 0 bridgehead atoms. The number of anilines is 1. The first kappa shape index (κ1) is 32.5. The molecule has 3 heterocycles. The molecule has 0 saturated carbocycles. The van der Waals surface area contributed by atoms with Crippen LogP contribution in [0, 0.1) is 6.92 Å². The second kappa shape index (κ2) is 14.5. The lowest BCUT2D eigenvalue weighted by Gasteiger charge is -2.26. The van der Waals surface area contributed by atoms with Gasteiger partial charge in [0.05, 0.1) is 36.2 Å². The molecule has 234 valence electrons.